The average molecular weight is 441 g/mol. The molecule has 5 heteroatoms. The van der Waals surface area contributed by atoms with Crippen molar-refractivity contribution in [2.45, 2.75) is 65.1 Å². The second-order valence-electron chi connectivity index (χ2n) is 7.99. The largest absolute Gasteiger partial charge is 0.494 e. The lowest BCUT2D eigenvalue weighted by molar-refractivity contribution is -0.150. The van der Waals surface area contributed by atoms with Gasteiger partial charge in [0, 0.05) is 12.0 Å². The number of aliphatic hydroxyl groups excluding tert-OH is 1. The van der Waals surface area contributed by atoms with E-state index >= 15 is 0 Å². The molecule has 2 aromatic rings. The summed E-state index contributed by atoms with van der Waals surface area (Å²) in [6.07, 6.45) is 2.78. The summed E-state index contributed by atoms with van der Waals surface area (Å²) in [6.45, 7) is 10.8. The third-order valence-electron chi connectivity index (χ3n) is 5.07. The third-order valence-corrected chi connectivity index (χ3v) is 5.07. The maximum Gasteiger partial charge on any atom is 0.333 e. The summed E-state index contributed by atoms with van der Waals surface area (Å²) in [5.41, 5.74) is 1.89. The molecule has 0 fully saturated rings. The number of ether oxygens (including phenoxy) is 3. The predicted molar refractivity (Wildman–Crippen MR) is 127 cm³/mol. The molecule has 0 aromatic heterocycles. The Morgan fingerprint density at radius 2 is 1.41 bits per heavy atom. The number of hydrogen-bond donors (Lipinski definition) is 1. The molecule has 0 heterocycles. The molecule has 5 nitrogen and oxygen atoms in total. The van der Waals surface area contributed by atoms with Crippen LogP contribution in [0, 0.1) is 0 Å². The van der Waals surface area contributed by atoms with Crippen molar-refractivity contribution in [1.29, 1.82) is 0 Å². The van der Waals surface area contributed by atoms with Gasteiger partial charge in [-0.2, -0.15) is 0 Å². The molecule has 2 atom stereocenters. The van der Waals surface area contributed by atoms with Crippen molar-refractivity contribution < 1.29 is 24.1 Å². The SMILES string of the molecule is C=C(C)C(=O)OC(Cc1ccc(OCCCC)cc1)C(O)c1ccc(OCCCC)cc1. The minimum atomic E-state index is -0.983. The van der Waals surface area contributed by atoms with Crippen LogP contribution in [0.3, 0.4) is 0 Å². The zero-order valence-electron chi connectivity index (χ0n) is 19.5. The number of esters is 1. The molecule has 0 saturated heterocycles. The van der Waals surface area contributed by atoms with E-state index in [1.807, 2.05) is 36.4 Å². The maximum atomic E-state index is 12.2. The molecule has 174 valence electrons. The molecular formula is C27H36O5. The Morgan fingerprint density at radius 1 is 0.906 bits per heavy atom. The van der Waals surface area contributed by atoms with Gasteiger partial charge in [-0.3, -0.25) is 0 Å². The Hall–Kier alpha value is -2.79. The van der Waals surface area contributed by atoms with E-state index in [2.05, 4.69) is 20.4 Å². The Kier molecular flexibility index (Phi) is 10.8. The Balaban J connectivity index is 2.10. The van der Waals surface area contributed by atoms with Crippen molar-refractivity contribution in [2.75, 3.05) is 13.2 Å². The van der Waals surface area contributed by atoms with Crippen LogP contribution in [0.4, 0.5) is 0 Å². The number of rotatable bonds is 14. The van der Waals surface area contributed by atoms with E-state index in [-0.39, 0.29) is 0 Å². The van der Waals surface area contributed by atoms with E-state index in [1.54, 1.807) is 19.1 Å². The lowest BCUT2D eigenvalue weighted by Gasteiger charge is -2.24. The standard InChI is InChI=1S/C27H36O5/c1-5-7-17-30-23-13-9-21(10-14-23)19-25(32-27(29)20(3)4)26(28)22-11-15-24(16-12-22)31-18-8-6-2/h9-16,25-26,28H,3,5-8,17-19H2,1-2,4H3. The Morgan fingerprint density at radius 3 is 1.88 bits per heavy atom. The van der Waals surface area contributed by atoms with Crippen molar-refractivity contribution in [1.82, 2.24) is 0 Å². The van der Waals surface area contributed by atoms with Crippen LogP contribution in [0.15, 0.2) is 60.7 Å². The third kappa shape index (κ3) is 8.39. The van der Waals surface area contributed by atoms with Gasteiger partial charge in [-0.1, -0.05) is 57.5 Å². The number of unbranched alkanes of at least 4 members (excludes halogenated alkanes) is 2. The van der Waals surface area contributed by atoms with E-state index in [1.165, 1.54) is 0 Å². The van der Waals surface area contributed by atoms with Crippen LogP contribution < -0.4 is 9.47 Å². The van der Waals surface area contributed by atoms with Crippen LogP contribution in [-0.2, 0) is 16.0 Å². The van der Waals surface area contributed by atoms with Crippen molar-refractivity contribution in [3.8, 4) is 11.5 Å². The van der Waals surface area contributed by atoms with Crippen LogP contribution in [-0.4, -0.2) is 30.4 Å². The predicted octanol–water partition coefficient (Wildman–Crippen LogP) is 5.81. The molecule has 0 spiro atoms. The molecule has 0 bridgehead atoms. The van der Waals surface area contributed by atoms with E-state index in [9.17, 15) is 9.90 Å². The first-order chi connectivity index (χ1) is 15.4. The summed E-state index contributed by atoms with van der Waals surface area (Å²) < 4.78 is 17.0. The van der Waals surface area contributed by atoms with Gasteiger partial charge in [-0.05, 0) is 55.2 Å². The minimum absolute atomic E-state index is 0.293. The summed E-state index contributed by atoms with van der Waals surface area (Å²) >= 11 is 0. The summed E-state index contributed by atoms with van der Waals surface area (Å²) in [4.78, 5) is 12.2. The monoisotopic (exact) mass is 440 g/mol. The molecule has 0 aliphatic carbocycles. The number of carbonyl (C=O) groups is 1. The fourth-order valence-electron chi connectivity index (χ4n) is 3.05. The second kappa shape index (κ2) is 13.6. The number of aliphatic hydroxyl groups is 1. The molecule has 0 saturated carbocycles. The lowest BCUT2D eigenvalue weighted by Crippen LogP contribution is -2.28. The maximum absolute atomic E-state index is 12.2. The molecular weight excluding hydrogens is 404 g/mol. The fourth-order valence-corrected chi connectivity index (χ4v) is 3.05. The highest BCUT2D eigenvalue weighted by Crippen LogP contribution is 2.26. The first-order valence-corrected chi connectivity index (χ1v) is 11.4. The van der Waals surface area contributed by atoms with Gasteiger partial charge in [0.1, 0.15) is 23.7 Å². The van der Waals surface area contributed by atoms with E-state index < -0.39 is 18.2 Å². The lowest BCUT2D eigenvalue weighted by atomic mass is 9.98. The number of carbonyl (C=O) groups excluding carboxylic acids is 1. The zero-order chi connectivity index (χ0) is 23.3. The molecule has 2 aromatic carbocycles. The minimum Gasteiger partial charge on any atom is -0.494 e. The van der Waals surface area contributed by atoms with E-state index in [0.717, 1.165) is 42.7 Å². The summed E-state index contributed by atoms with van der Waals surface area (Å²) in [5, 5.41) is 11.0. The van der Waals surface area contributed by atoms with Crippen molar-refractivity contribution in [3.05, 3.63) is 71.8 Å². The second-order valence-corrected chi connectivity index (χ2v) is 7.99. The van der Waals surface area contributed by atoms with Crippen LogP contribution in [0.1, 0.15) is 63.7 Å². The Bertz CT molecular complexity index is 826. The normalized spacial score (nSPS) is 12.6. The first-order valence-electron chi connectivity index (χ1n) is 11.4. The number of hydrogen-bond acceptors (Lipinski definition) is 5. The van der Waals surface area contributed by atoms with Crippen LogP contribution in [0.25, 0.3) is 0 Å². The van der Waals surface area contributed by atoms with Crippen molar-refractivity contribution >= 4 is 5.97 Å². The van der Waals surface area contributed by atoms with Crippen molar-refractivity contribution in [3.63, 3.8) is 0 Å². The highest BCUT2D eigenvalue weighted by atomic mass is 16.6. The molecule has 32 heavy (non-hydrogen) atoms. The quantitative estimate of drug-likeness (QED) is 0.228. The molecule has 2 unspecified atom stereocenters. The average Bonchev–Trinajstić information content (AvgIpc) is 2.80. The molecule has 0 radical (unpaired) electrons. The zero-order valence-corrected chi connectivity index (χ0v) is 19.5. The van der Waals surface area contributed by atoms with Gasteiger partial charge in [-0.15, -0.1) is 0 Å². The summed E-state index contributed by atoms with van der Waals surface area (Å²) in [6, 6.07) is 14.9. The molecule has 1 N–H and O–H groups in total. The first kappa shape index (κ1) is 25.5. The molecule has 0 aliphatic rings. The Labute approximate surface area is 192 Å². The topological polar surface area (TPSA) is 65.0 Å². The smallest absolute Gasteiger partial charge is 0.333 e. The van der Waals surface area contributed by atoms with Gasteiger partial charge >= 0.3 is 5.97 Å². The van der Waals surface area contributed by atoms with E-state index in [0.29, 0.717) is 30.8 Å². The van der Waals surface area contributed by atoms with Gasteiger partial charge in [0.05, 0.1) is 13.2 Å². The van der Waals surface area contributed by atoms with Gasteiger partial charge in [0.2, 0.25) is 0 Å². The summed E-state index contributed by atoms with van der Waals surface area (Å²) in [5.74, 6) is 1.04. The van der Waals surface area contributed by atoms with Gasteiger partial charge < -0.3 is 19.3 Å². The van der Waals surface area contributed by atoms with Crippen LogP contribution >= 0.6 is 0 Å². The fraction of sp³-hybridized carbons (Fsp3) is 0.444. The van der Waals surface area contributed by atoms with Gasteiger partial charge in [0.25, 0.3) is 0 Å². The van der Waals surface area contributed by atoms with Gasteiger partial charge in [0.15, 0.2) is 0 Å². The summed E-state index contributed by atoms with van der Waals surface area (Å²) in [7, 11) is 0. The van der Waals surface area contributed by atoms with Crippen molar-refractivity contribution in [2.24, 2.45) is 0 Å². The highest BCUT2D eigenvalue weighted by molar-refractivity contribution is 5.87. The molecule has 0 amide bonds. The highest BCUT2D eigenvalue weighted by Gasteiger charge is 2.26. The van der Waals surface area contributed by atoms with Crippen LogP contribution in [0.2, 0.25) is 0 Å². The number of benzene rings is 2. The molecule has 2 rings (SSSR count). The molecule has 0 aliphatic heterocycles. The van der Waals surface area contributed by atoms with Gasteiger partial charge in [-0.25, -0.2) is 4.79 Å². The van der Waals surface area contributed by atoms with Crippen LogP contribution in [0.5, 0.6) is 11.5 Å². The van der Waals surface area contributed by atoms with E-state index in [4.69, 9.17) is 14.2 Å².